The summed E-state index contributed by atoms with van der Waals surface area (Å²) in [6.07, 6.45) is 0. The first-order valence-electron chi connectivity index (χ1n) is 2.48. The van der Waals surface area contributed by atoms with E-state index in [1.807, 2.05) is 0 Å². The molecule has 0 aromatic heterocycles. The second kappa shape index (κ2) is 4.45. The molecule has 0 radical (unpaired) electrons. The zero-order valence-electron chi connectivity index (χ0n) is 5.57. The van der Waals surface area contributed by atoms with Crippen LogP contribution in [0.4, 0.5) is 13.2 Å². The van der Waals surface area contributed by atoms with Crippen molar-refractivity contribution in [3.63, 3.8) is 0 Å². The average molecular weight is 189 g/mol. The Balaban J connectivity index is 3.46. The van der Waals surface area contributed by atoms with Gasteiger partial charge in [-0.05, 0) is 11.8 Å². The topological polar surface area (TPSA) is 38.3 Å². The summed E-state index contributed by atoms with van der Waals surface area (Å²) < 4.78 is 34.2. The Kier molecular flexibility index (Phi) is 4.27. The quantitative estimate of drug-likeness (QED) is 0.671. The molecule has 0 rings (SSSR count). The molecule has 1 N–H and O–H groups in total. The summed E-state index contributed by atoms with van der Waals surface area (Å²) >= 11 is -0.410. The predicted octanol–water partition coefficient (Wildman–Crippen LogP) is 0.917. The van der Waals surface area contributed by atoms with Crippen LogP contribution in [0, 0.1) is 0 Å². The lowest BCUT2D eigenvalue weighted by Gasteiger charge is -2.04. The second-order valence-corrected chi connectivity index (χ2v) is 2.50. The van der Waals surface area contributed by atoms with Crippen LogP contribution in [-0.4, -0.2) is 24.3 Å². The maximum absolute atomic E-state index is 11.4. The third kappa shape index (κ3) is 7.47. The third-order valence-corrected chi connectivity index (χ3v) is 1.32. The highest BCUT2D eigenvalue weighted by atomic mass is 32.2. The summed E-state index contributed by atoms with van der Waals surface area (Å²) in [5.41, 5.74) is -2.61. The Morgan fingerprint density at radius 2 is 2.18 bits per heavy atom. The van der Waals surface area contributed by atoms with Gasteiger partial charge in [-0.3, -0.25) is 9.63 Å². The number of hydrogen-bond donors (Lipinski definition) is 1. The van der Waals surface area contributed by atoms with E-state index in [0.29, 0.717) is 0 Å². The molecule has 0 aliphatic rings. The molecule has 0 fully saturated rings. The van der Waals surface area contributed by atoms with Gasteiger partial charge in [-0.15, -0.1) is 0 Å². The van der Waals surface area contributed by atoms with Crippen molar-refractivity contribution < 1.29 is 22.8 Å². The number of hydroxylamine groups is 1. The van der Waals surface area contributed by atoms with Gasteiger partial charge < -0.3 is 0 Å². The molecule has 66 valence electrons. The van der Waals surface area contributed by atoms with E-state index in [1.54, 1.807) is 5.48 Å². The van der Waals surface area contributed by atoms with Gasteiger partial charge in [-0.1, -0.05) is 0 Å². The number of amides is 1. The van der Waals surface area contributed by atoms with Crippen LogP contribution in [0.25, 0.3) is 0 Å². The molecule has 0 aliphatic heterocycles. The van der Waals surface area contributed by atoms with Crippen molar-refractivity contribution in [3.8, 4) is 0 Å². The molecule has 7 heteroatoms. The number of thioether (sulfide) groups is 1. The Labute approximate surface area is 65.2 Å². The van der Waals surface area contributed by atoms with Crippen molar-refractivity contribution in [2.45, 2.75) is 5.51 Å². The summed E-state index contributed by atoms with van der Waals surface area (Å²) in [6, 6.07) is 0. The van der Waals surface area contributed by atoms with Crippen LogP contribution in [0.15, 0.2) is 0 Å². The van der Waals surface area contributed by atoms with Gasteiger partial charge in [0.2, 0.25) is 0 Å². The molecular formula is C4H6F3NO2S. The zero-order chi connectivity index (χ0) is 8.91. The van der Waals surface area contributed by atoms with Crippen LogP contribution in [-0.2, 0) is 9.63 Å². The summed E-state index contributed by atoms with van der Waals surface area (Å²) in [5, 5.41) is 0. The molecule has 0 aromatic carbocycles. The van der Waals surface area contributed by atoms with Crippen molar-refractivity contribution >= 4 is 17.7 Å². The minimum absolute atomic E-state index is 0.410. The first-order chi connectivity index (χ1) is 4.95. The number of carbonyl (C=O) groups is 1. The lowest BCUT2D eigenvalue weighted by molar-refractivity contribution is -0.128. The fourth-order valence-corrected chi connectivity index (χ4v) is 0.644. The first kappa shape index (κ1) is 10.6. The molecule has 0 bridgehead atoms. The highest BCUT2D eigenvalue weighted by molar-refractivity contribution is 8.00. The Hall–Kier alpha value is -0.430. The Bertz CT molecular complexity index is 138. The molecular weight excluding hydrogens is 183 g/mol. The smallest absolute Gasteiger partial charge is 0.277 e. The van der Waals surface area contributed by atoms with E-state index in [9.17, 15) is 18.0 Å². The van der Waals surface area contributed by atoms with Crippen molar-refractivity contribution in [1.82, 2.24) is 5.48 Å². The Morgan fingerprint density at radius 3 is 2.55 bits per heavy atom. The summed E-state index contributed by atoms with van der Waals surface area (Å²) in [4.78, 5) is 14.4. The fraction of sp³-hybridized carbons (Fsp3) is 0.750. The van der Waals surface area contributed by atoms with Gasteiger partial charge in [0.25, 0.3) is 5.91 Å². The maximum Gasteiger partial charge on any atom is 0.442 e. The molecule has 0 saturated heterocycles. The normalized spacial score (nSPS) is 11.3. The lowest BCUT2D eigenvalue weighted by atomic mass is 10.8. The Morgan fingerprint density at radius 1 is 1.64 bits per heavy atom. The molecule has 0 spiro atoms. The van der Waals surface area contributed by atoms with E-state index in [-0.39, 0.29) is 0 Å². The highest BCUT2D eigenvalue weighted by Crippen LogP contribution is 2.29. The molecule has 0 aliphatic carbocycles. The largest absolute Gasteiger partial charge is 0.442 e. The van der Waals surface area contributed by atoms with Gasteiger partial charge in [0.15, 0.2) is 0 Å². The van der Waals surface area contributed by atoms with Gasteiger partial charge >= 0.3 is 5.51 Å². The molecule has 11 heavy (non-hydrogen) atoms. The van der Waals surface area contributed by atoms with E-state index in [0.717, 1.165) is 7.11 Å². The van der Waals surface area contributed by atoms with Crippen LogP contribution in [0.2, 0.25) is 0 Å². The summed E-state index contributed by atoms with van der Waals surface area (Å²) in [6.45, 7) is 0. The molecule has 3 nitrogen and oxygen atoms in total. The van der Waals surface area contributed by atoms with Gasteiger partial charge in [0.1, 0.15) is 0 Å². The second-order valence-electron chi connectivity index (χ2n) is 1.46. The average Bonchev–Trinajstić information content (AvgIpc) is 1.83. The van der Waals surface area contributed by atoms with E-state index in [1.165, 1.54) is 0 Å². The molecule has 1 amide bonds. The highest BCUT2D eigenvalue weighted by Gasteiger charge is 2.29. The number of halogens is 3. The van der Waals surface area contributed by atoms with Crippen molar-refractivity contribution in [1.29, 1.82) is 0 Å². The lowest BCUT2D eigenvalue weighted by Crippen LogP contribution is -2.25. The van der Waals surface area contributed by atoms with Crippen LogP contribution in [0.5, 0.6) is 0 Å². The molecule has 0 atom stereocenters. The summed E-state index contributed by atoms with van der Waals surface area (Å²) in [5.74, 6) is -1.49. The van der Waals surface area contributed by atoms with Gasteiger partial charge in [0, 0.05) is 0 Å². The van der Waals surface area contributed by atoms with E-state index >= 15 is 0 Å². The van der Waals surface area contributed by atoms with Crippen molar-refractivity contribution in [2.24, 2.45) is 0 Å². The number of rotatable bonds is 3. The van der Waals surface area contributed by atoms with Crippen LogP contribution in [0.3, 0.4) is 0 Å². The molecule has 0 aromatic rings. The van der Waals surface area contributed by atoms with E-state index in [4.69, 9.17) is 0 Å². The summed E-state index contributed by atoms with van der Waals surface area (Å²) in [7, 11) is 1.15. The van der Waals surface area contributed by atoms with Crippen molar-refractivity contribution in [3.05, 3.63) is 0 Å². The van der Waals surface area contributed by atoms with E-state index < -0.39 is 28.9 Å². The van der Waals surface area contributed by atoms with Crippen LogP contribution >= 0.6 is 11.8 Å². The minimum Gasteiger partial charge on any atom is -0.277 e. The van der Waals surface area contributed by atoms with Crippen LogP contribution < -0.4 is 5.48 Å². The van der Waals surface area contributed by atoms with Gasteiger partial charge in [-0.25, -0.2) is 5.48 Å². The fourth-order valence-electron chi connectivity index (χ4n) is 0.291. The predicted molar refractivity (Wildman–Crippen MR) is 33.7 cm³/mol. The number of nitrogens with one attached hydrogen (secondary N) is 1. The standard InChI is InChI=1S/C4H6F3NO2S/c1-10-8-3(9)2-11-4(5,6)7/h2H2,1H3,(H,8,9). The van der Waals surface area contributed by atoms with Gasteiger partial charge in [0.05, 0.1) is 12.9 Å². The molecule has 0 unspecified atom stereocenters. The number of hydrogen-bond acceptors (Lipinski definition) is 3. The third-order valence-electron chi connectivity index (χ3n) is 0.583. The minimum atomic E-state index is -4.37. The van der Waals surface area contributed by atoms with Crippen molar-refractivity contribution in [2.75, 3.05) is 12.9 Å². The zero-order valence-corrected chi connectivity index (χ0v) is 6.38. The monoisotopic (exact) mass is 189 g/mol. The first-order valence-corrected chi connectivity index (χ1v) is 3.47. The molecule has 0 heterocycles. The SMILES string of the molecule is CONC(=O)CSC(F)(F)F. The van der Waals surface area contributed by atoms with Gasteiger partial charge in [-0.2, -0.15) is 13.2 Å². The number of carbonyl (C=O) groups excluding carboxylic acids is 1. The van der Waals surface area contributed by atoms with Crippen LogP contribution in [0.1, 0.15) is 0 Å². The maximum atomic E-state index is 11.4. The number of alkyl halides is 3. The molecule has 0 saturated carbocycles. The van der Waals surface area contributed by atoms with E-state index in [2.05, 4.69) is 4.84 Å².